The fraction of sp³-hybridized carbons (Fsp3) is 0. The lowest BCUT2D eigenvalue weighted by Crippen LogP contribution is -1.98. The predicted molar refractivity (Wildman–Crippen MR) is 79.0 cm³/mol. The van der Waals surface area contributed by atoms with Crippen molar-refractivity contribution in [2.24, 2.45) is 0 Å². The van der Waals surface area contributed by atoms with Crippen LogP contribution >= 0.6 is 0 Å². The van der Waals surface area contributed by atoms with Crippen molar-refractivity contribution in [3.05, 3.63) is 53.7 Å². The molecule has 3 aromatic rings. The van der Waals surface area contributed by atoms with Gasteiger partial charge in [-0.1, -0.05) is 55.1 Å². The van der Waals surface area contributed by atoms with Gasteiger partial charge in [0.25, 0.3) is 0 Å². The third-order valence-electron chi connectivity index (χ3n) is 2.75. The average Bonchev–Trinajstić information content (AvgIpc) is 2.45. The van der Waals surface area contributed by atoms with Crippen molar-refractivity contribution < 1.29 is 9.59 Å². The molecule has 0 saturated heterocycles. The molecule has 0 fully saturated rings. The van der Waals surface area contributed by atoms with E-state index in [1.807, 2.05) is 0 Å². The molecule has 0 heterocycles. The first-order chi connectivity index (χ1) is 9.69. The third kappa shape index (κ3) is 3.24. The standard InChI is InChI=1S/C14H10.2CHNO/c1-10-8-9-12-5-2-4-11-6-3-7-13(10)14(11)12;2*2-1-3/h2-9H,1H2;2*2H. The zero-order valence-electron chi connectivity index (χ0n) is 10.6. The summed E-state index contributed by atoms with van der Waals surface area (Å²) < 4.78 is 0. The van der Waals surface area contributed by atoms with Crippen molar-refractivity contribution in [2.75, 3.05) is 0 Å². The number of hydrogen-bond donors (Lipinski definition) is 2. The first-order valence-corrected chi connectivity index (χ1v) is 5.66. The van der Waals surface area contributed by atoms with Crippen LogP contribution in [0.1, 0.15) is 0 Å². The summed E-state index contributed by atoms with van der Waals surface area (Å²) in [5.41, 5.74) is 0. The molecule has 0 bridgehead atoms. The second-order valence-corrected chi connectivity index (χ2v) is 3.81. The van der Waals surface area contributed by atoms with E-state index in [-0.39, 0.29) is 0 Å². The Hall–Kier alpha value is -3.06. The number of nitrogens with one attached hydrogen (secondary N) is 2. The zero-order valence-corrected chi connectivity index (χ0v) is 10.6. The Morgan fingerprint density at radius 3 is 1.80 bits per heavy atom. The van der Waals surface area contributed by atoms with Crippen LogP contribution < -0.4 is 5.22 Å². The van der Waals surface area contributed by atoms with Crippen LogP contribution in [0.2, 0.25) is 0 Å². The summed E-state index contributed by atoms with van der Waals surface area (Å²) in [4.78, 5) is 16.7. The van der Waals surface area contributed by atoms with Gasteiger partial charge < -0.3 is 0 Å². The molecule has 0 aliphatic carbocycles. The third-order valence-corrected chi connectivity index (χ3v) is 2.75. The Morgan fingerprint density at radius 2 is 1.25 bits per heavy atom. The van der Waals surface area contributed by atoms with E-state index >= 15 is 0 Å². The minimum Gasteiger partial charge on any atom is -0.222 e. The molecule has 0 aliphatic rings. The highest BCUT2D eigenvalue weighted by Crippen LogP contribution is 2.23. The Bertz CT molecular complexity index is 793. The van der Waals surface area contributed by atoms with E-state index in [0.29, 0.717) is 0 Å². The number of rotatable bonds is 0. The lowest BCUT2D eigenvalue weighted by atomic mass is 10.00. The van der Waals surface area contributed by atoms with Crippen molar-refractivity contribution in [3.63, 3.8) is 0 Å². The Morgan fingerprint density at radius 1 is 0.800 bits per heavy atom. The predicted octanol–water partition coefficient (Wildman–Crippen LogP) is 2.92. The minimum absolute atomic E-state index is 0.750. The molecule has 0 amide bonds. The van der Waals surface area contributed by atoms with E-state index in [4.69, 9.17) is 20.4 Å². The van der Waals surface area contributed by atoms with Gasteiger partial charge in [-0.2, -0.15) is 0 Å². The summed E-state index contributed by atoms with van der Waals surface area (Å²) in [5, 5.41) is 17.1. The molecule has 0 atom stereocenters. The summed E-state index contributed by atoms with van der Waals surface area (Å²) in [6.45, 7) is 4.05. The highest BCUT2D eigenvalue weighted by Gasteiger charge is 2.00. The van der Waals surface area contributed by atoms with Crippen molar-refractivity contribution in [1.29, 1.82) is 10.8 Å². The molecule has 0 saturated carbocycles. The Labute approximate surface area is 115 Å². The van der Waals surface area contributed by atoms with Gasteiger partial charge in [-0.3, -0.25) is 0 Å². The van der Waals surface area contributed by atoms with E-state index < -0.39 is 0 Å². The molecule has 0 unspecified atom stereocenters. The van der Waals surface area contributed by atoms with Gasteiger partial charge in [-0.05, 0) is 26.8 Å². The SMILES string of the molecule is C=c1ccc2cccc3cccc1c32.N=C=O.N=C=O. The Kier molecular flexibility index (Phi) is 5.54. The Balaban J connectivity index is 0.000000290. The molecule has 2 N–H and O–H groups in total. The van der Waals surface area contributed by atoms with E-state index in [1.54, 1.807) is 0 Å². The topological polar surface area (TPSA) is 81.8 Å². The molecule has 4 heteroatoms. The van der Waals surface area contributed by atoms with Crippen LogP contribution in [0.4, 0.5) is 0 Å². The monoisotopic (exact) mass is 264 g/mol. The molecule has 0 aliphatic heterocycles. The molecule has 4 nitrogen and oxygen atoms in total. The zero-order chi connectivity index (χ0) is 15.0. The average molecular weight is 264 g/mol. The van der Waals surface area contributed by atoms with Crippen LogP contribution in [0.15, 0.2) is 48.5 Å². The van der Waals surface area contributed by atoms with Gasteiger partial charge in [-0.15, -0.1) is 0 Å². The molecular weight excluding hydrogens is 252 g/mol. The van der Waals surface area contributed by atoms with Gasteiger partial charge in [0.05, 0.1) is 0 Å². The summed E-state index contributed by atoms with van der Waals surface area (Å²) >= 11 is 0. The minimum atomic E-state index is 0.750. The first kappa shape index (κ1) is 15.0. The molecule has 0 radical (unpaired) electrons. The van der Waals surface area contributed by atoms with Gasteiger partial charge in [0.15, 0.2) is 0 Å². The summed E-state index contributed by atoms with van der Waals surface area (Å²) in [7, 11) is 0. The lowest BCUT2D eigenvalue weighted by Gasteiger charge is -2.04. The second-order valence-electron chi connectivity index (χ2n) is 3.81. The second kappa shape index (κ2) is 7.39. The van der Waals surface area contributed by atoms with Crippen LogP contribution in [0.3, 0.4) is 0 Å². The highest BCUT2D eigenvalue weighted by molar-refractivity contribution is 6.09. The maximum absolute atomic E-state index is 8.35. The molecule has 3 rings (SSSR count). The highest BCUT2D eigenvalue weighted by atomic mass is 16.1. The molecule has 20 heavy (non-hydrogen) atoms. The molecule has 3 aromatic carbocycles. The van der Waals surface area contributed by atoms with Crippen molar-refractivity contribution >= 4 is 40.3 Å². The quantitative estimate of drug-likeness (QED) is 0.483. The maximum atomic E-state index is 8.35. The van der Waals surface area contributed by atoms with Crippen LogP contribution in [0.25, 0.3) is 28.1 Å². The molecular formula is C16H12N2O2. The maximum Gasteiger partial charge on any atom is 0.231 e. The van der Waals surface area contributed by atoms with Crippen molar-refractivity contribution in [1.82, 2.24) is 0 Å². The summed E-state index contributed by atoms with van der Waals surface area (Å²) in [6, 6.07) is 17.0. The summed E-state index contributed by atoms with van der Waals surface area (Å²) in [5.74, 6) is 0. The van der Waals surface area contributed by atoms with Crippen molar-refractivity contribution in [3.8, 4) is 0 Å². The number of hydrogen-bond acceptors (Lipinski definition) is 4. The van der Waals surface area contributed by atoms with Gasteiger partial charge in [0.1, 0.15) is 0 Å². The fourth-order valence-corrected chi connectivity index (χ4v) is 2.06. The smallest absolute Gasteiger partial charge is 0.222 e. The number of carbonyl (C=O) groups excluding carboxylic acids is 2. The van der Waals surface area contributed by atoms with E-state index in [9.17, 15) is 0 Å². The normalized spacial score (nSPS) is 8.60. The lowest BCUT2D eigenvalue weighted by molar-refractivity contribution is 0.562. The van der Waals surface area contributed by atoms with E-state index in [1.165, 1.54) is 21.5 Å². The van der Waals surface area contributed by atoms with E-state index in [2.05, 4.69) is 55.1 Å². The van der Waals surface area contributed by atoms with Gasteiger partial charge in [-0.25, -0.2) is 20.4 Å². The summed E-state index contributed by atoms with van der Waals surface area (Å²) in [6.07, 6.45) is 1.50. The van der Waals surface area contributed by atoms with Gasteiger partial charge in [0, 0.05) is 0 Å². The van der Waals surface area contributed by atoms with Crippen molar-refractivity contribution in [2.45, 2.75) is 0 Å². The first-order valence-electron chi connectivity index (χ1n) is 5.66. The number of isocyanates is 2. The van der Waals surface area contributed by atoms with Crippen LogP contribution in [0.5, 0.6) is 0 Å². The van der Waals surface area contributed by atoms with Crippen LogP contribution in [-0.2, 0) is 9.59 Å². The largest absolute Gasteiger partial charge is 0.231 e. The molecule has 0 spiro atoms. The van der Waals surface area contributed by atoms with Gasteiger partial charge in [0.2, 0.25) is 12.2 Å². The van der Waals surface area contributed by atoms with Crippen LogP contribution in [-0.4, -0.2) is 12.2 Å². The molecule has 98 valence electrons. The van der Waals surface area contributed by atoms with Gasteiger partial charge >= 0.3 is 0 Å². The molecule has 0 aromatic heterocycles. The van der Waals surface area contributed by atoms with E-state index in [0.717, 1.165) is 17.4 Å². The van der Waals surface area contributed by atoms with Crippen LogP contribution in [0, 0.1) is 10.8 Å². The number of benzene rings is 3. The fourth-order valence-electron chi connectivity index (χ4n) is 2.06.